The predicted molar refractivity (Wildman–Crippen MR) is 43.3 cm³/mol. The van der Waals surface area contributed by atoms with Gasteiger partial charge in [-0.05, 0) is 13.8 Å². The molecule has 3 heteroatoms. The van der Waals surface area contributed by atoms with Gasteiger partial charge < -0.3 is 5.32 Å². The molecule has 0 aromatic carbocycles. The number of piperazine rings is 1. The van der Waals surface area contributed by atoms with Crippen LogP contribution >= 0.6 is 9.39 Å². The van der Waals surface area contributed by atoms with Gasteiger partial charge in [-0.2, -0.15) is 0 Å². The van der Waals surface area contributed by atoms with Crippen LogP contribution in [0.15, 0.2) is 0 Å². The Morgan fingerprint density at radius 1 is 1.56 bits per heavy atom. The summed E-state index contributed by atoms with van der Waals surface area (Å²) in [5.41, 5.74) is 0. The molecule has 1 rings (SSSR count). The van der Waals surface area contributed by atoms with Crippen LogP contribution in [0, 0.1) is 0 Å². The first-order valence-electron chi connectivity index (χ1n) is 3.45. The number of nitrogens with one attached hydrogen (secondary N) is 1. The molecule has 0 bridgehead atoms. The molecule has 54 valence electrons. The molecular weight excluding hydrogens is 131 g/mol. The fourth-order valence-electron chi connectivity index (χ4n) is 1.05. The summed E-state index contributed by atoms with van der Waals surface area (Å²) in [4.78, 5) is 0. The zero-order valence-electron chi connectivity index (χ0n) is 6.09. The van der Waals surface area contributed by atoms with Gasteiger partial charge in [-0.1, -0.05) is 9.39 Å². The summed E-state index contributed by atoms with van der Waals surface area (Å²) in [7, 11) is 2.76. The molecule has 0 amide bonds. The first-order valence-corrected chi connectivity index (χ1v) is 3.96. The lowest BCUT2D eigenvalue weighted by Gasteiger charge is -2.34. The topological polar surface area (TPSA) is 15.3 Å². The van der Waals surface area contributed by atoms with Crippen LogP contribution in [0.4, 0.5) is 0 Å². The Hall–Kier alpha value is 0.350. The lowest BCUT2D eigenvalue weighted by atomic mass is 10.2. The minimum absolute atomic E-state index is 0.652. The van der Waals surface area contributed by atoms with Gasteiger partial charge in [-0.15, -0.1) is 0 Å². The monoisotopic (exact) mass is 146 g/mol. The van der Waals surface area contributed by atoms with Crippen LogP contribution in [0.25, 0.3) is 0 Å². The minimum Gasteiger partial charge on any atom is -0.311 e. The summed E-state index contributed by atoms with van der Waals surface area (Å²) < 4.78 is 2.31. The predicted octanol–water partition coefficient (Wildman–Crippen LogP) is 0.459. The summed E-state index contributed by atoms with van der Waals surface area (Å²) in [5, 5.41) is 3.41. The molecule has 1 fully saturated rings. The van der Waals surface area contributed by atoms with Gasteiger partial charge in [-0.3, -0.25) is 4.67 Å². The van der Waals surface area contributed by atoms with E-state index in [0.29, 0.717) is 12.1 Å². The van der Waals surface area contributed by atoms with E-state index in [-0.39, 0.29) is 0 Å². The third kappa shape index (κ3) is 1.89. The normalized spacial score (nSPS) is 39.0. The van der Waals surface area contributed by atoms with Crippen LogP contribution in [-0.2, 0) is 0 Å². The standard InChI is InChI=1S/C6H15N2P/c1-5-4-8(9)6(2)3-7-5/h5-7H,3-4,9H2,1-2H3/t5-,6+/m0/s1. The van der Waals surface area contributed by atoms with Crippen molar-refractivity contribution in [2.75, 3.05) is 13.1 Å². The highest BCUT2D eigenvalue weighted by atomic mass is 31.0. The fraction of sp³-hybridized carbons (Fsp3) is 1.00. The first kappa shape index (κ1) is 7.46. The molecule has 2 nitrogen and oxygen atoms in total. The van der Waals surface area contributed by atoms with E-state index < -0.39 is 0 Å². The van der Waals surface area contributed by atoms with E-state index in [4.69, 9.17) is 0 Å². The van der Waals surface area contributed by atoms with Crippen molar-refractivity contribution < 1.29 is 0 Å². The van der Waals surface area contributed by atoms with Crippen LogP contribution in [0.3, 0.4) is 0 Å². The quantitative estimate of drug-likeness (QED) is 0.499. The van der Waals surface area contributed by atoms with Crippen molar-refractivity contribution in [3.05, 3.63) is 0 Å². The number of hydrogen-bond acceptors (Lipinski definition) is 2. The van der Waals surface area contributed by atoms with Gasteiger partial charge in [-0.25, -0.2) is 0 Å². The maximum absolute atomic E-state index is 3.41. The van der Waals surface area contributed by atoms with E-state index in [1.165, 1.54) is 0 Å². The van der Waals surface area contributed by atoms with Gasteiger partial charge in [0.25, 0.3) is 0 Å². The summed E-state index contributed by atoms with van der Waals surface area (Å²) >= 11 is 0. The second-order valence-corrected chi connectivity index (χ2v) is 3.52. The largest absolute Gasteiger partial charge is 0.311 e. The Morgan fingerprint density at radius 2 is 2.22 bits per heavy atom. The van der Waals surface area contributed by atoms with E-state index in [1.54, 1.807) is 0 Å². The van der Waals surface area contributed by atoms with Crippen molar-refractivity contribution in [3.8, 4) is 0 Å². The third-order valence-corrected chi connectivity index (χ3v) is 2.53. The number of nitrogens with zero attached hydrogens (tertiary/aromatic N) is 1. The zero-order chi connectivity index (χ0) is 6.85. The van der Waals surface area contributed by atoms with Gasteiger partial charge in [0.05, 0.1) is 0 Å². The van der Waals surface area contributed by atoms with Crippen LogP contribution in [0.1, 0.15) is 13.8 Å². The summed E-state index contributed by atoms with van der Waals surface area (Å²) in [6.45, 7) is 6.70. The van der Waals surface area contributed by atoms with E-state index in [0.717, 1.165) is 13.1 Å². The molecule has 1 saturated heterocycles. The highest BCUT2D eigenvalue weighted by Crippen LogP contribution is 2.10. The van der Waals surface area contributed by atoms with Crippen molar-refractivity contribution in [3.63, 3.8) is 0 Å². The molecule has 9 heavy (non-hydrogen) atoms. The van der Waals surface area contributed by atoms with Crippen molar-refractivity contribution in [1.29, 1.82) is 0 Å². The van der Waals surface area contributed by atoms with Gasteiger partial charge >= 0.3 is 0 Å². The third-order valence-electron chi connectivity index (χ3n) is 1.81. The number of hydrogen-bond donors (Lipinski definition) is 1. The van der Waals surface area contributed by atoms with Crippen LogP contribution in [-0.4, -0.2) is 29.8 Å². The number of rotatable bonds is 0. The maximum atomic E-state index is 3.41. The Balaban J connectivity index is 2.35. The molecule has 0 spiro atoms. The van der Waals surface area contributed by atoms with Gasteiger partial charge in [0.15, 0.2) is 0 Å². The van der Waals surface area contributed by atoms with Gasteiger partial charge in [0.2, 0.25) is 0 Å². The Labute approximate surface area is 59.3 Å². The molecule has 1 aliphatic heterocycles. The fourth-order valence-corrected chi connectivity index (χ4v) is 1.47. The summed E-state index contributed by atoms with van der Waals surface area (Å²) in [5.74, 6) is 0. The maximum Gasteiger partial charge on any atom is 0.0227 e. The Kier molecular flexibility index (Phi) is 2.45. The second kappa shape index (κ2) is 2.96. The van der Waals surface area contributed by atoms with Gasteiger partial charge in [0.1, 0.15) is 0 Å². The Morgan fingerprint density at radius 3 is 2.67 bits per heavy atom. The average Bonchev–Trinajstić information content (AvgIpc) is 1.80. The molecule has 0 aromatic heterocycles. The van der Waals surface area contributed by atoms with Crippen molar-refractivity contribution in [1.82, 2.24) is 9.99 Å². The first-order chi connectivity index (χ1) is 4.20. The van der Waals surface area contributed by atoms with Gasteiger partial charge in [0, 0.05) is 25.2 Å². The molecular formula is C6H15N2P. The lowest BCUT2D eigenvalue weighted by Crippen LogP contribution is -2.50. The van der Waals surface area contributed by atoms with E-state index in [2.05, 4.69) is 33.2 Å². The molecule has 1 unspecified atom stereocenters. The molecule has 0 aromatic rings. The van der Waals surface area contributed by atoms with Crippen molar-refractivity contribution in [2.24, 2.45) is 0 Å². The minimum atomic E-state index is 0.652. The summed E-state index contributed by atoms with van der Waals surface area (Å²) in [6.07, 6.45) is 0. The van der Waals surface area contributed by atoms with Crippen molar-refractivity contribution in [2.45, 2.75) is 25.9 Å². The second-order valence-electron chi connectivity index (χ2n) is 2.86. The average molecular weight is 146 g/mol. The molecule has 1 aliphatic rings. The molecule has 1 heterocycles. The van der Waals surface area contributed by atoms with Crippen molar-refractivity contribution >= 4 is 9.39 Å². The van der Waals surface area contributed by atoms with E-state index in [9.17, 15) is 0 Å². The SMILES string of the molecule is C[C@@H]1CN[C@@H](C)CN1P. The smallest absolute Gasteiger partial charge is 0.0227 e. The van der Waals surface area contributed by atoms with Crippen LogP contribution in [0.2, 0.25) is 0 Å². The molecule has 0 aliphatic carbocycles. The molecule has 0 radical (unpaired) electrons. The van der Waals surface area contributed by atoms with E-state index in [1.807, 2.05) is 0 Å². The zero-order valence-corrected chi connectivity index (χ0v) is 7.25. The Bertz CT molecular complexity index is 97.1. The van der Waals surface area contributed by atoms with Crippen LogP contribution in [0.5, 0.6) is 0 Å². The summed E-state index contributed by atoms with van der Waals surface area (Å²) in [6, 6.07) is 1.32. The van der Waals surface area contributed by atoms with E-state index >= 15 is 0 Å². The molecule has 3 atom stereocenters. The highest BCUT2D eigenvalue weighted by molar-refractivity contribution is 7.13. The highest BCUT2D eigenvalue weighted by Gasteiger charge is 2.17. The molecule has 0 saturated carbocycles. The molecule has 1 N–H and O–H groups in total. The van der Waals surface area contributed by atoms with Crippen LogP contribution < -0.4 is 5.32 Å². The lowest BCUT2D eigenvalue weighted by molar-refractivity contribution is 0.263.